The summed E-state index contributed by atoms with van der Waals surface area (Å²) < 4.78 is 0. The fraction of sp³-hybridized carbons (Fsp3) is 0.896. The fourth-order valence-electron chi connectivity index (χ4n) is 11.7. The molecule has 0 radical (unpaired) electrons. The smallest absolute Gasteiger partial charge is 0.0628 e. The zero-order valence-corrected chi connectivity index (χ0v) is 40.5. The van der Waals surface area contributed by atoms with Gasteiger partial charge in [0.15, 0.2) is 0 Å². The monoisotopic (exact) mass is 828 g/mol. The van der Waals surface area contributed by atoms with Gasteiger partial charge in [-0.05, 0) is 80.0 Å². The number of fused-ring (bicyclic) bond motifs is 20. The number of hydrogen-bond acceptors (Lipinski definition) is 8. The molecule has 9 rings (SSSR count). The van der Waals surface area contributed by atoms with E-state index in [1.807, 2.05) is 0 Å². The molecule has 16 atom stereocenters. The van der Waals surface area contributed by atoms with E-state index in [-0.39, 0.29) is 21.7 Å². The van der Waals surface area contributed by atoms with Crippen LogP contribution < -0.4 is 42.5 Å². The van der Waals surface area contributed by atoms with Crippen LogP contribution in [0.5, 0.6) is 0 Å². The van der Waals surface area contributed by atoms with Crippen LogP contribution in [0.25, 0.3) is 0 Å². The van der Waals surface area contributed by atoms with Gasteiger partial charge in [-0.1, -0.05) is 51.4 Å². The second-order valence-corrected chi connectivity index (χ2v) is 21.4. The number of hydrogen-bond donors (Lipinski definition) is 8. The van der Waals surface area contributed by atoms with E-state index in [0.29, 0.717) is 61.2 Å². The van der Waals surface area contributed by atoms with Gasteiger partial charge in [-0.25, -0.2) is 0 Å². The van der Waals surface area contributed by atoms with Crippen molar-refractivity contribution in [2.75, 3.05) is 0 Å². The molecule has 5 saturated heterocycles. The zero-order valence-electron chi connectivity index (χ0n) is 38.9. The van der Waals surface area contributed by atoms with E-state index in [2.05, 4.69) is 132 Å². The molecule has 0 aromatic carbocycles. The van der Waals surface area contributed by atoms with E-state index in [9.17, 15) is 0 Å². The van der Waals surface area contributed by atoms with Crippen LogP contribution in [-0.2, 0) is 21.7 Å². The molecular weight excluding hydrogens is 736 g/mol. The summed E-state index contributed by atoms with van der Waals surface area (Å²) in [6.07, 6.45) is 26.4. The minimum Gasteiger partial charge on any atom is -0.323 e. The summed E-state index contributed by atoms with van der Waals surface area (Å²) in [6, 6.07) is 0. The van der Waals surface area contributed by atoms with Gasteiger partial charge < -0.3 is 30.1 Å². The molecule has 8 nitrogen and oxygen atoms in total. The van der Waals surface area contributed by atoms with Gasteiger partial charge >= 0.3 is 0 Å². The quantitative estimate of drug-likeness (QED) is 0.0908. The Morgan fingerprint density at radius 2 is 0.491 bits per heavy atom. The van der Waals surface area contributed by atoms with Crippen LogP contribution in [0.15, 0.2) is 0 Å². The third-order valence-electron chi connectivity index (χ3n) is 13.6. The molecule has 5 heterocycles. The van der Waals surface area contributed by atoms with E-state index >= 15 is 0 Å². The average molecular weight is 828 g/mol. The molecule has 57 heavy (non-hydrogen) atoms. The first-order valence-electron chi connectivity index (χ1n) is 23.7. The van der Waals surface area contributed by atoms with E-state index in [1.165, 1.54) is 120 Å². The Kier molecular flexibility index (Phi) is 21.3. The summed E-state index contributed by atoms with van der Waals surface area (Å²) in [5.74, 6) is 11.4. The van der Waals surface area contributed by atoms with Crippen molar-refractivity contribution < 1.29 is 21.7 Å². The number of nitrogens with one attached hydrogen (secondary N) is 8. The van der Waals surface area contributed by atoms with Crippen LogP contribution in [0.4, 0.5) is 0 Å². The summed E-state index contributed by atoms with van der Waals surface area (Å²) in [5, 5.41) is 33.7. The van der Waals surface area contributed by atoms with Gasteiger partial charge in [-0.15, -0.1) is 5.92 Å². The van der Waals surface area contributed by atoms with Crippen LogP contribution in [0.2, 0.25) is 0 Å². The predicted molar refractivity (Wildman–Crippen MR) is 238 cm³/mol. The van der Waals surface area contributed by atoms with Gasteiger partial charge in [0.25, 0.3) is 0 Å². The average Bonchev–Trinajstić information content (AvgIpc) is 3.87. The van der Waals surface area contributed by atoms with Gasteiger partial charge in [0.05, 0.1) is 43.2 Å². The van der Waals surface area contributed by atoms with Gasteiger partial charge in [0, 0.05) is 27.9 Å². The molecule has 0 aromatic heterocycles. The molecule has 332 valence electrons. The van der Waals surface area contributed by atoms with Crippen molar-refractivity contribution >= 4 is 0 Å². The van der Waals surface area contributed by atoms with Gasteiger partial charge in [-0.3, -0.25) is 42.5 Å². The maximum absolute atomic E-state index is 4.25. The maximum atomic E-state index is 4.25. The first-order chi connectivity index (χ1) is 26.7. The molecule has 4 saturated carbocycles. The maximum Gasteiger partial charge on any atom is 0.0628 e. The Hall–Kier alpha value is 0.394. The van der Waals surface area contributed by atoms with Crippen LogP contribution in [0.3, 0.4) is 0 Å². The van der Waals surface area contributed by atoms with Crippen LogP contribution >= 0.6 is 0 Å². The van der Waals surface area contributed by atoms with Crippen LogP contribution in [-0.4, -0.2) is 49.3 Å². The minimum absolute atomic E-state index is 0. The molecule has 0 amide bonds. The molecule has 4 aliphatic carbocycles. The molecule has 16 unspecified atom stereocenters. The Balaban J connectivity index is 0.000000366. The van der Waals surface area contributed by atoms with Crippen molar-refractivity contribution in [1.29, 1.82) is 0 Å². The Morgan fingerprint density at radius 1 is 0.298 bits per heavy atom. The third-order valence-corrected chi connectivity index (χ3v) is 13.6. The first kappa shape index (κ1) is 50.0. The summed E-state index contributed by atoms with van der Waals surface area (Å²) in [7, 11) is 0. The second kappa shape index (κ2) is 24.3. The Morgan fingerprint density at radius 3 is 0.737 bits per heavy atom. The molecule has 0 spiro atoms. The van der Waals surface area contributed by atoms with Crippen LogP contribution in [0.1, 0.15) is 179 Å². The van der Waals surface area contributed by atoms with E-state index < -0.39 is 0 Å². The standard InChI is InChI=1S/C32H55N8.4C4H9.Ti/c1-2-10-18-17(9-1)25-33-26(18)38-28-21-13-5-6-14-22(21)30(35-28)40-32-24-16-8-7-15-23(24)31(36-32)39-29-20-12-4-3-11-19(20)27(34-29)37-25;4*1-4(2)3;/h9,17-40H,1-8,10-16H2;4*1-3H3;/q5*-1;. The largest absolute Gasteiger partial charge is 0.323 e. The topological polar surface area (TPSA) is 96.2 Å². The number of rotatable bonds is 0. The normalized spacial score (nSPS) is 42.9. The van der Waals surface area contributed by atoms with E-state index in [0.717, 1.165) is 35.5 Å². The van der Waals surface area contributed by atoms with Crippen molar-refractivity contribution in [3.8, 4) is 0 Å². The molecule has 9 heteroatoms. The third kappa shape index (κ3) is 14.2. The molecule has 9 aliphatic rings. The molecule has 8 N–H and O–H groups in total. The molecule has 8 bridgehead atoms. The summed E-state index contributed by atoms with van der Waals surface area (Å²) >= 11 is 0. The van der Waals surface area contributed by atoms with Crippen LogP contribution in [0, 0.1) is 77.4 Å². The second-order valence-electron chi connectivity index (χ2n) is 21.4. The first-order valence-corrected chi connectivity index (χ1v) is 23.7. The minimum atomic E-state index is 0. The van der Waals surface area contributed by atoms with Gasteiger partial charge in [-0.2, -0.15) is 89.5 Å². The van der Waals surface area contributed by atoms with Gasteiger partial charge in [0.1, 0.15) is 0 Å². The molecule has 0 aromatic rings. The van der Waals surface area contributed by atoms with E-state index in [1.54, 1.807) is 0 Å². The van der Waals surface area contributed by atoms with Gasteiger partial charge in [0.2, 0.25) is 0 Å². The van der Waals surface area contributed by atoms with E-state index in [4.69, 9.17) is 0 Å². The molecular formula is C48H91N8Ti-5. The van der Waals surface area contributed by atoms with Crippen molar-refractivity contribution in [3.05, 3.63) is 30.1 Å². The predicted octanol–water partition coefficient (Wildman–Crippen LogP) is 8.90. The molecule has 9 fully saturated rings. The SMILES string of the molecule is C[C-](C)C.C[C-](C)C.C[C-](C)C.C[C-](C)C.[CH-]1CCCC2C3NC(NC4NC(NC5NC(NC6NC(N3)C3CCCCC63)C3CCCCC53)C3CCCCC43)C12.[Ti]. The fourth-order valence-corrected chi connectivity index (χ4v) is 11.7. The Labute approximate surface area is 368 Å². The van der Waals surface area contributed by atoms with Crippen molar-refractivity contribution in [3.63, 3.8) is 0 Å². The van der Waals surface area contributed by atoms with Crippen molar-refractivity contribution in [2.24, 2.45) is 47.3 Å². The summed E-state index contributed by atoms with van der Waals surface area (Å²) in [5.41, 5.74) is 0. The Bertz CT molecular complexity index is 863. The van der Waals surface area contributed by atoms with Crippen molar-refractivity contribution in [1.82, 2.24) is 42.5 Å². The van der Waals surface area contributed by atoms with Crippen molar-refractivity contribution in [2.45, 2.75) is 229 Å². The summed E-state index contributed by atoms with van der Waals surface area (Å²) in [4.78, 5) is 0. The summed E-state index contributed by atoms with van der Waals surface area (Å²) in [6.45, 7) is 25.0. The zero-order chi connectivity index (χ0) is 40.5. The molecule has 5 aliphatic heterocycles.